The topological polar surface area (TPSA) is 80.2 Å². The third-order valence-electron chi connectivity index (χ3n) is 3.94. The highest BCUT2D eigenvalue weighted by Crippen LogP contribution is 2.16. The quantitative estimate of drug-likeness (QED) is 0.422. The maximum absolute atomic E-state index is 12.3. The number of carbonyl (C=O) groups excluding carboxylic acids is 1. The summed E-state index contributed by atoms with van der Waals surface area (Å²) in [5.41, 5.74) is 0.782. The summed E-state index contributed by atoms with van der Waals surface area (Å²) in [6, 6.07) is 16.8. The highest BCUT2D eigenvalue weighted by molar-refractivity contribution is 9.10. The Morgan fingerprint density at radius 1 is 1.25 bits per heavy atom. The Balaban J connectivity index is 1.59. The lowest BCUT2D eigenvalue weighted by atomic mass is 10.2. The van der Waals surface area contributed by atoms with Crippen molar-refractivity contribution in [2.24, 2.45) is 0 Å². The van der Waals surface area contributed by atoms with Crippen molar-refractivity contribution >= 4 is 27.9 Å². The summed E-state index contributed by atoms with van der Waals surface area (Å²) in [5.74, 6) is 0.958. The third-order valence-corrected chi connectivity index (χ3v) is 4.47. The fraction of sp³-hybridized carbons (Fsp3) is 0.143. The molecule has 1 aromatic carbocycles. The Labute approximate surface area is 171 Å². The van der Waals surface area contributed by atoms with Crippen LogP contribution < -0.4 is 10.1 Å². The van der Waals surface area contributed by atoms with Crippen LogP contribution in [0.1, 0.15) is 11.5 Å². The molecule has 6 nitrogen and oxygen atoms in total. The maximum atomic E-state index is 12.3. The van der Waals surface area contributed by atoms with Gasteiger partial charge in [-0.3, -0.25) is 4.79 Å². The van der Waals surface area contributed by atoms with Gasteiger partial charge in [-0.05, 0) is 54.6 Å². The number of benzene rings is 1. The van der Waals surface area contributed by atoms with Crippen LogP contribution in [0.25, 0.3) is 6.08 Å². The summed E-state index contributed by atoms with van der Waals surface area (Å²) in [5, 5.41) is 12.0. The van der Waals surface area contributed by atoms with Gasteiger partial charge in [-0.1, -0.05) is 15.9 Å². The first-order chi connectivity index (χ1) is 13.7. The summed E-state index contributed by atoms with van der Waals surface area (Å²) in [6.45, 7) is 1.28. The number of furan rings is 1. The number of rotatable bonds is 8. The zero-order valence-electron chi connectivity index (χ0n) is 15.0. The molecule has 2 aromatic heterocycles. The van der Waals surface area contributed by atoms with E-state index in [1.807, 2.05) is 53.2 Å². The first-order valence-corrected chi connectivity index (χ1v) is 9.41. The molecule has 142 valence electrons. The largest absolute Gasteiger partial charge is 0.492 e. The molecule has 2 heterocycles. The van der Waals surface area contributed by atoms with Crippen LogP contribution >= 0.6 is 15.9 Å². The molecule has 3 aromatic rings. The molecule has 0 fully saturated rings. The van der Waals surface area contributed by atoms with Crippen molar-refractivity contribution in [3.63, 3.8) is 0 Å². The van der Waals surface area contributed by atoms with Crippen molar-refractivity contribution < 1.29 is 13.9 Å². The van der Waals surface area contributed by atoms with Crippen LogP contribution in [0.15, 0.2) is 75.5 Å². The Morgan fingerprint density at radius 3 is 2.79 bits per heavy atom. The summed E-state index contributed by atoms with van der Waals surface area (Å²) in [6.07, 6.45) is 4.98. The van der Waals surface area contributed by atoms with Gasteiger partial charge >= 0.3 is 0 Å². The first kappa shape index (κ1) is 19.5. The number of nitrogens with zero attached hydrogens (tertiary/aromatic N) is 2. The number of hydrogen-bond donors (Lipinski definition) is 1. The number of halogens is 1. The van der Waals surface area contributed by atoms with Crippen LogP contribution in [0.2, 0.25) is 0 Å². The molecule has 0 atom stereocenters. The minimum Gasteiger partial charge on any atom is -0.492 e. The Kier molecular flexibility index (Phi) is 6.71. The van der Waals surface area contributed by atoms with Gasteiger partial charge in [0.15, 0.2) is 0 Å². The van der Waals surface area contributed by atoms with Gasteiger partial charge < -0.3 is 19.0 Å². The van der Waals surface area contributed by atoms with E-state index in [0.717, 1.165) is 15.9 Å². The van der Waals surface area contributed by atoms with Gasteiger partial charge in [-0.25, -0.2) is 0 Å². The van der Waals surface area contributed by atoms with E-state index in [1.54, 1.807) is 18.2 Å². The summed E-state index contributed by atoms with van der Waals surface area (Å²) < 4.78 is 13.8. The van der Waals surface area contributed by atoms with E-state index in [0.29, 0.717) is 18.9 Å². The molecule has 1 amide bonds. The molecule has 28 heavy (non-hydrogen) atoms. The van der Waals surface area contributed by atoms with Crippen molar-refractivity contribution in [2.45, 2.75) is 13.1 Å². The zero-order chi connectivity index (χ0) is 19.8. The molecule has 1 N–H and O–H groups in total. The standard InChI is InChI=1S/C21H18BrN3O3/c22-17-5-7-19(8-6-17)28-12-10-25-9-1-3-18(25)13-16(14-23)21(26)24-15-20-4-2-11-27-20/h1-9,11,13H,10,12,15H2,(H,24,26)/b16-13+. The molecule has 3 rings (SSSR count). The first-order valence-electron chi connectivity index (χ1n) is 8.61. The van der Waals surface area contributed by atoms with E-state index in [-0.39, 0.29) is 12.1 Å². The SMILES string of the molecule is N#C/C(=C\c1cccn1CCOc1ccc(Br)cc1)C(=O)NCc1ccco1. The van der Waals surface area contributed by atoms with Crippen LogP contribution in [-0.4, -0.2) is 17.1 Å². The lowest BCUT2D eigenvalue weighted by Gasteiger charge is -2.09. The zero-order valence-corrected chi connectivity index (χ0v) is 16.6. The predicted molar refractivity (Wildman–Crippen MR) is 108 cm³/mol. The van der Waals surface area contributed by atoms with E-state index >= 15 is 0 Å². The van der Waals surface area contributed by atoms with E-state index in [2.05, 4.69) is 21.2 Å². The van der Waals surface area contributed by atoms with Crippen LogP contribution in [0.4, 0.5) is 0 Å². The van der Waals surface area contributed by atoms with Crippen molar-refractivity contribution in [1.82, 2.24) is 9.88 Å². The minimum atomic E-state index is -0.447. The second-order valence-corrected chi connectivity index (χ2v) is 6.78. The molecule has 0 spiro atoms. The second kappa shape index (κ2) is 9.62. The number of amides is 1. The molecule has 0 aliphatic rings. The van der Waals surface area contributed by atoms with Crippen LogP contribution in [0.3, 0.4) is 0 Å². The summed E-state index contributed by atoms with van der Waals surface area (Å²) in [4.78, 5) is 12.3. The van der Waals surface area contributed by atoms with Gasteiger partial charge in [-0.15, -0.1) is 0 Å². The molecule has 0 aliphatic heterocycles. The molecule has 0 aliphatic carbocycles. The molecule has 0 unspecified atom stereocenters. The molecule has 7 heteroatoms. The van der Waals surface area contributed by atoms with Gasteiger partial charge in [0.25, 0.3) is 5.91 Å². The fourth-order valence-corrected chi connectivity index (χ4v) is 2.79. The summed E-state index contributed by atoms with van der Waals surface area (Å²) in [7, 11) is 0. The molecule has 0 saturated heterocycles. The lowest BCUT2D eigenvalue weighted by Crippen LogP contribution is -2.23. The van der Waals surface area contributed by atoms with Gasteiger partial charge in [0.1, 0.15) is 29.8 Å². The molecular weight excluding hydrogens is 422 g/mol. The van der Waals surface area contributed by atoms with E-state index in [1.165, 1.54) is 6.26 Å². The smallest absolute Gasteiger partial charge is 0.262 e. The highest BCUT2D eigenvalue weighted by atomic mass is 79.9. The monoisotopic (exact) mass is 439 g/mol. The van der Waals surface area contributed by atoms with E-state index in [9.17, 15) is 10.1 Å². The van der Waals surface area contributed by atoms with Gasteiger partial charge in [0.2, 0.25) is 0 Å². The highest BCUT2D eigenvalue weighted by Gasteiger charge is 2.11. The fourth-order valence-electron chi connectivity index (χ4n) is 2.53. The molecule has 0 bridgehead atoms. The van der Waals surface area contributed by atoms with Crippen LogP contribution in [-0.2, 0) is 17.9 Å². The average molecular weight is 440 g/mol. The number of hydrogen-bond acceptors (Lipinski definition) is 4. The van der Waals surface area contributed by atoms with Crippen molar-refractivity contribution in [3.05, 3.63) is 82.5 Å². The van der Waals surface area contributed by atoms with Crippen molar-refractivity contribution in [2.75, 3.05) is 6.61 Å². The average Bonchev–Trinajstić information content (AvgIpc) is 3.38. The maximum Gasteiger partial charge on any atom is 0.262 e. The van der Waals surface area contributed by atoms with Gasteiger partial charge in [0, 0.05) is 16.4 Å². The normalized spacial score (nSPS) is 11.1. The Hall–Kier alpha value is -3.24. The van der Waals surface area contributed by atoms with Crippen LogP contribution in [0.5, 0.6) is 5.75 Å². The van der Waals surface area contributed by atoms with Gasteiger partial charge in [-0.2, -0.15) is 5.26 Å². The van der Waals surface area contributed by atoms with Crippen LogP contribution in [0, 0.1) is 11.3 Å². The molecular formula is C21H18BrN3O3. The number of nitriles is 1. The predicted octanol–water partition coefficient (Wildman–Crippen LogP) is 4.15. The van der Waals surface area contributed by atoms with Gasteiger partial charge in [0.05, 0.1) is 19.4 Å². The number of ether oxygens (including phenoxy) is 1. The number of aromatic nitrogens is 1. The molecule has 0 saturated carbocycles. The Morgan fingerprint density at radius 2 is 2.07 bits per heavy atom. The number of nitrogens with one attached hydrogen (secondary N) is 1. The van der Waals surface area contributed by atoms with Crippen molar-refractivity contribution in [1.29, 1.82) is 5.26 Å². The minimum absolute atomic E-state index is 0.0281. The Bertz CT molecular complexity index is 983. The summed E-state index contributed by atoms with van der Waals surface area (Å²) >= 11 is 3.39. The molecule has 0 radical (unpaired) electrons. The lowest BCUT2D eigenvalue weighted by molar-refractivity contribution is -0.117. The van der Waals surface area contributed by atoms with E-state index in [4.69, 9.17) is 9.15 Å². The second-order valence-electron chi connectivity index (χ2n) is 5.86. The van der Waals surface area contributed by atoms with E-state index < -0.39 is 5.91 Å². The number of carbonyl (C=O) groups is 1. The third kappa shape index (κ3) is 5.38. The van der Waals surface area contributed by atoms with Crippen molar-refractivity contribution in [3.8, 4) is 11.8 Å².